The monoisotopic (exact) mass is 820 g/mol. The van der Waals surface area contributed by atoms with Gasteiger partial charge in [0.2, 0.25) is 0 Å². The first-order chi connectivity index (χ1) is 28.3. The normalized spacial score (nSPS) is 12.5. The molecule has 0 heterocycles. The Bertz CT molecular complexity index is 2670. The van der Waals surface area contributed by atoms with Crippen LogP contribution in [-0.2, 0) is 0 Å². The highest BCUT2D eigenvalue weighted by molar-refractivity contribution is 6.89. The van der Waals surface area contributed by atoms with Crippen LogP contribution in [0.3, 0.4) is 0 Å². The molecule has 8 aromatic carbocycles. The molecule has 4 heteroatoms. The van der Waals surface area contributed by atoms with Crippen LogP contribution in [0.15, 0.2) is 121 Å². The lowest BCUT2D eigenvalue weighted by Gasteiger charge is -2.33. The van der Waals surface area contributed by atoms with Crippen LogP contribution in [0.2, 0.25) is 39.3 Å². The fourth-order valence-corrected chi connectivity index (χ4v) is 11.5. The predicted octanol–water partition coefficient (Wildman–Crippen LogP) is 16.1. The SMILES string of the molecule is Cc1ccc(N(c2ccc([Si](C)(C)C)cc2)c2cc(C(C)C)c3ccc4c(N(c5ccc([Si-](C)(C)C)cc5)c5ccc(C)c(C)c5)cc(C(C)C)c5ccc2c3c54)cc1C. The zero-order valence-electron chi connectivity index (χ0n) is 38.6. The Morgan fingerprint density at radius 3 is 1.13 bits per heavy atom. The molecule has 0 bridgehead atoms. The van der Waals surface area contributed by atoms with E-state index in [-0.39, 0.29) is 0 Å². The van der Waals surface area contributed by atoms with Gasteiger partial charge in [0.15, 0.2) is 0 Å². The third-order valence-electron chi connectivity index (χ3n) is 13.1. The van der Waals surface area contributed by atoms with Crippen LogP contribution in [0.1, 0.15) is 72.9 Å². The quantitative estimate of drug-likeness (QED) is 0.100. The molecule has 0 unspecified atom stereocenters. The summed E-state index contributed by atoms with van der Waals surface area (Å²) in [6.45, 7) is 32.9. The Kier molecular flexibility index (Phi) is 10.7. The largest absolute Gasteiger partial charge is 0.310 e. The maximum absolute atomic E-state index is 2.53. The van der Waals surface area contributed by atoms with Gasteiger partial charge in [-0.1, -0.05) is 113 Å². The molecule has 0 saturated carbocycles. The number of hydrogen-bond donors (Lipinski definition) is 0. The topological polar surface area (TPSA) is 6.48 Å². The maximum Gasteiger partial charge on any atom is 0.0775 e. The molecule has 0 radical (unpaired) electrons. The van der Waals surface area contributed by atoms with E-state index in [1.807, 2.05) is 0 Å². The Hall–Kier alpha value is -5.17. The molecule has 0 spiro atoms. The molecule has 0 aromatic heterocycles. The zero-order valence-corrected chi connectivity index (χ0v) is 40.6. The molecule has 307 valence electrons. The van der Waals surface area contributed by atoms with Crippen LogP contribution in [0.25, 0.3) is 32.3 Å². The van der Waals surface area contributed by atoms with Crippen LogP contribution in [0, 0.1) is 27.7 Å². The first kappa shape index (κ1) is 41.6. The van der Waals surface area contributed by atoms with E-state index < -0.39 is 16.1 Å². The molecular weight excluding hydrogens is 757 g/mol. The van der Waals surface area contributed by atoms with Gasteiger partial charge in [0.25, 0.3) is 0 Å². The van der Waals surface area contributed by atoms with Crippen LogP contribution in [-0.4, -0.2) is 16.1 Å². The summed E-state index contributed by atoms with van der Waals surface area (Å²) in [6.07, 6.45) is 0. The first-order valence-electron chi connectivity index (χ1n) is 22.1. The van der Waals surface area contributed by atoms with E-state index in [1.165, 1.54) is 110 Å². The highest BCUT2D eigenvalue weighted by Gasteiger charge is 2.27. The lowest BCUT2D eigenvalue weighted by atomic mass is 9.84. The highest BCUT2D eigenvalue weighted by Crippen LogP contribution is 2.51. The summed E-state index contributed by atoms with van der Waals surface area (Å²) >= 11 is 0. The molecule has 0 N–H and O–H groups in total. The third-order valence-corrected chi connectivity index (χ3v) is 17.3. The van der Waals surface area contributed by atoms with Gasteiger partial charge in [-0.25, -0.2) is 0 Å². The number of benzene rings is 8. The summed E-state index contributed by atoms with van der Waals surface area (Å²) in [6, 6.07) is 47.6. The minimum Gasteiger partial charge on any atom is -0.310 e. The van der Waals surface area contributed by atoms with E-state index in [9.17, 15) is 0 Å². The van der Waals surface area contributed by atoms with Crippen molar-refractivity contribution in [3.05, 3.63) is 155 Å². The summed E-state index contributed by atoms with van der Waals surface area (Å²) in [5.74, 6) is 0.648. The van der Waals surface area contributed by atoms with Crippen molar-refractivity contribution in [3.63, 3.8) is 0 Å². The van der Waals surface area contributed by atoms with Gasteiger partial charge in [0.1, 0.15) is 0 Å². The van der Waals surface area contributed by atoms with Crippen LogP contribution in [0.5, 0.6) is 0 Å². The fraction of sp³-hybridized carbons (Fsp3) is 0.286. The Labute approximate surface area is 362 Å². The standard InChI is InChI=1S/C56H64N2Si2/c1-35(2)51-33-53(57(43-17-15-37(5)39(7)31-43)41-19-23-45(24-20-41)59(9,10)11)49-30-28-48-52(36(3)4)34-54(50-29-27-47(51)55(49)56(48)50)58(44-18-16-38(6)40(8)32-44)42-21-25-46(26-22-42)60(12,13)14/h15-36H,1-14H3/q-1. The first-order valence-corrected chi connectivity index (χ1v) is 29.1. The second-order valence-electron chi connectivity index (χ2n) is 20.2. The lowest BCUT2D eigenvalue weighted by molar-refractivity contribution is 0.875. The number of rotatable bonds is 10. The minimum atomic E-state index is -1.49. The number of nitrogens with zero attached hydrogens (tertiary/aromatic N) is 2. The van der Waals surface area contributed by atoms with E-state index in [0.717, 1.165) is 0 Å². The van der Waals surface area contributed by atoms with Crippen molar-refractivity contribution < 1.29 is 0 Å². The third kappa shape index (κ3) is 7.36. The molecule has 8 rings (SSSR count). The molecule has 0 amide bonds. The second-order valence-corrected chi connectivity index (χ2v) is 30.3. The smallest absolute Gasteiger partial charge is 0.0775 e. The number of aryl methyl sites for hydroxylation is 4. The van der Waals surface area contributed by atoms with E-state index in [4.69, 9.17) is 0 Å². The Balaban J connectivity index is 1.49. The molecule has 0 saturated heterocycles. The average molecular weight is 821 g/mol. The highest BCUT2D eigenvalue weighted by atomic mass is 28.3. The van der Waals surface area contributed by atoms with E-state index in [0.29, 0.717) is 11.8 Å². The van der Waals surface area contributed by atoms with Gasteiger partial charge in [-0.05, 0) is 155 Å². The molecule has 0 aliphatic heterocycles. The van der Waals surface area contributed by atoms with Gasteiger partial charge >= 0.3 is 0 Å². The van der Waals surface area contributed by atoms with Crippen molar-refractivity contribution in [3.8, 4) is 0 Å². The molecule has 0 atom stereocenters. The van der Waals surface area contributed by atoms with Crippen molar-refractivity contribution in [1.29, 1.82) is 0 Å². The van der Waals surface area contributed by atoms with Crippen molar-refractivity contribution in [1.82, 2.24) is 0 Å². The molecule has 0 fully saturated rings. The Morgan fingerprint density at radius 1 is 0.417 bits per heavy atom. The molecule has 0 aliphatic carbocycles. The summed E-state index contributed by atoms with van der Waals surface area (Å²) in [7, 11) is -2.99. The number of hydrogen-bond acceptors (Lipinski definition) is 2. The lowest BCUT2D eigenvalue weighted by Crippen LogP contribution is -2.37. The summed E-state index contributed by atoms with van der Waals surface area (Å²) in [5.41, 5.74) is 15.2. The summed E-state index contributed by atoms with van der Waals surface area (Å²) in [5, 5.41) is 10.9. The summed E-state index contributed by atoms with van der Waals surface area (Å²) < 4.78 is 0. The van der Waals surface area contributed by atoms with Crippen LogP contribution in [0.4, 0.5) is 34.1 Å². The van der Waals surface area contributed by atoms with Crippen molar-refractivity contribution in [2.45, 2.75) is 107 Å². The van der Waals surface area contributed by atoms with E-state index in [1.54, 1.807) is 0 Å². The predicted molar refractivity (Wildman–Crippen MR) is 273 cm³/mol. The van der Waals surface area contributed by atoms with Gasteiger partial charge in [0.05, 0.1) is 19.4 Å². The van der Waals surface area contributed by atoms with Crippen molar-refractivity contribution in [2.24, 2.45) is 0 Å². The average Bonchev–Trinajstić information content (AvgIpc) is 3.19. The van der Waals surface area contributed by atoms with E-state index in [2.05, 4.69) is 226 Å². The van der Waals surface area contributed by atoms with Gasteiger partial charge in [-0.2, -0.15) is 24.8 Å². The number of anilines is 6. The van der Waals surface area contributed by atoms with Gasteiger partial charge in [-0.3, -0.25) is 0 Å². The van der Waals surface area contributed by atoms with Crippen LogP contribution >= 0.6 is 0 Å². The second kappa shape index (κ2) is 15.4. The van der Waals surface area contributed by atoms with Gasteiger partial charge in [-0.15, -0.1) is 8.07 Å². The minimum absolute atomic E-state index is 0.324. The van der Waals surface area contributed by atoms with Gasteiger partial charge < -0.3 is 9.80 Å². The molecule has 0 aliphatic rings. The van der Waals surface area contributed by atoms with Crippen molar-refractivity contribution in [2.75, 3.05) is 9.80 Å². The Morgan fingerprint density at radius 2 is 0.783 bits per heavy atom. The zero-order chi connectivity index (χ0) is 43.0. The van der Waals surface area contributed by atoms with E-state index >= 15 is 0 Å². The van der Waals surface area contributed by atoms with Crippen molar-refractivity contribution >= 4 is 93.0 Å². The molecular formula is C56H64N2Si2-. The fourth-order valence-electron chi connectivity index (χ4n) is 9.14. The summed E-state index contributed by atoms with van der Waals surface area (Å²) in [4.78, 5) is 5.06. The molecule has 60 heavy (non-hydrogen) atoms. The molecule has 2 nitrogen and oxygen atoms in total. The maximum atomic E-state index is 2.53. The molecule has 8 aromatic rings. The van der Waals surface area contributed by atoms with Crippen LogP contribution < -0.4 is 20.2 Å². The van der Waals surface area contributed by atoms with Gasteiger partial charge in [0, 0.05) is 33.5 Å².